The number of hydrogen-bond acceptors (Lipinski definition) is 7. The predicted molar refractivity (Wildman–Crippen MR) is 94.1 cm³/mol. The fourth-order valence-corrected chi connectivity index (χ4v) is 5.29. The highest BCUT2D eigenvalue weighted by molar-refractivity contribution is 7.91. The Labute approximate surface area is 143 Å². The minimum atomic E-state index is -2.98. The minimum absolute atomic E-state index is 0.0797. The van der Waals surface area contributed by atoms with Gasteiger partial charge in [-0.1, -0.05) is 6.92 Å². The Hall–Kier alpha value is -1.41. The number of aliphatic hydroxyl groups is 1. The van der Waals surface area contributed by atoms with Gasteiger partial charge in [0.1, 0.15) is 18.0 Å². The second-order valence-electron chi connectivity index (χ2n) is 6.93. The maximum absolute atomic E-state index is 12.0. The van der Waals surface area contributed by atoms with Crippen molar-refractivity contribution in [3.8, 4) is 0 Å². The van der Waals surface area contributed by atoms with Gasteiger partial charge in [0.05, 0.1) is 24.2 Å². The van der Waals surface area contributed by atoms with Crippen LogP contribution in [0.4, 0.5) is 11.6 Å². The van der Waals surface area contributed by atoms with Gasteiger partial charge in [0.15, 0.2) is 9.84 Å². The van der Waals surface area contributed by atoms with Crippen LogP contribution in [-0.4, -0.2) is 67.3 Å². The topological polar surface area (TPSA) is 86.6 Å². The van der Waals surface area contributed by atoms with E-state index in [-0.39, 0.29) is 30.1 Å². The van der Waals surface area contributed by atoms with Crippen LogP contribution in [-0.2, 0) is 9.84 Å². The van der Waals surface area contributed by atoms with Crippen molar-refractivity contribution in [3.05, 3.63) is 12.4 Å². The number of nitrogens with zero attached hydrogens (tertiary/aromatic N) is 4. The van der Waals surface area contributed by atoms with Crippen molar-refractivity contribution in [3.63, 3.8) is 0 Å². The smallest absolute Gasteiger partial charge is 0.152 e. The van der Waals surface area contributed by atoms with Crippen LogP contribution in [0.5, 0.6) is 0 Å². The first-order chi connectivity index (χ1) is 11.5. The monoisotopic (exact) mass is 354 g/mol. The summed E-state index contributed by atoms with van der Waals surface area (Å²) < 4.78 is 23.9. The number of aromatic nitrogens is 2. The fourth-order valence-electron chi connectivity index (χ4n) is 3.65. The Kier molecular flexibility index (Phi) is 5.24. The molecule has 8 heteroatoms. The molecule has 1 aromatic heterocycles. The predicted octanol–water partition coefficient (Wildman–Crippen LogP) is 0.699. The van der Waals surface area contributed by atoms with Gasteiger partial charge < -0.3 is 14.9 Å². The van der Waals surface area contributed by atoms with E-state index >= 15 is 0 Å². The van der Waals surface area contributed by atoms with Gasteiger partial charge in [0.25, 0.3) is 0 Å². The van der Waals surface area contributed by atoms with Crippen LogP contribution in [0.3, 0.4) is 0 Å². The molecule has 0 saturated carbocycles. The molecule has 2 aliphatic rings. The highest BCUT2D eigenvalue weighted by Crippen LogP contribution is 2.26. The number of sulfone groups is 1. The molecule has 2 aliphatic heterocycles. The molecule has 2 saturated heterocycles. The van der Waals surface area contributed by atoms with E-state index in [1.807, 2.05) is 17.9 Å². The van der Waals surface area contributed by atoms with E-state index in [1.54, 1.807) is 0 Å². The molecule has 134 valence electrons. The van der Waals surface area contributed by atoms with E-state index in [2.05, 4.69) is 14.9 Å². The summed E-state index contributed by atoms with van der Waals surface area (Å²) in [4.78, 5) is 12.9. The van der Waals surface area contributed by atoms with Crippen LogP contribution >= 0.6 is 0 Å². The van der Waals surface area contributed by atoms with E-state index in [9.17, 15) is 13.5 Å². The molecule has 2 unspecified atom stereocenters. The average Bonchev–Trinajstić information content (AvgIpc) is 2.72. The third kappa shape index (κ3) is 3.97. The van der Waals surface area contributed by atoms with E-state index in [4.69, 9.17) is 0 Å². The quantitative estimate of drug-likeness (QED) is 0.855. The summed E-state index contributed by atoms with van der Waals surface area (Å²) in [6.45, 7) is 4.11. The lowest BCUT2D eigenvalue weighted by Crippen LogP contribution is -2.42. The maximum atomic E-state index is 12.0. The molecule has 0 amide bonds. The molecule has 0 spiro atoms. The van der Waals surface area contributed by atoms with Crippen LogP contribution in [0.1, 0.15) is 26.2 Å². The lowest BCUT2D eigenvalue weighted by Gasteiger charge is -2.36. The summed E-state index contributed by atoms with van der Waals surface area (Å²) in [5.74, 6) is 2.07. The normalized spacial score (nSPS) is 27.8. The number of anilines is 2. The summed E-state index contributed by atoms with van der Waals surface area (Å²) in [6, 6.07) is 2.03. The van der Waals surface area contributed by atoms with Crippen LogP contribution in [0.15, 0.2) is 12.4 Å². The van der Waals surface area contributed by atoms with Gasteiger partial charge in [0, 0.05) is 25.7 Å². The Bertz CT molecular complexity index is 667. The van der Waals surface area contributed by atoms with Gasteiger partial charge in [-0.2, -0.15) is 0 Å². The summed E-state index contributed by atoms with van der Waals surface area (Å²) in [5.41, 5.74) is 0. The van der Waals surface area contributed by atoms with Gasteiger partial charge >= 0.3 is 0 Å². The van der Waals surface area contributed by atoms with Gasteiger partial charge in [-0.25, -0.2) is 18.4 Å². The average molecular weight is 354 g/mol. The van der Waals surface area contributed by atoms with Gasteiger partial charge in [0.2, 0.25) is 0 Å². The van der Waals surface area contributed by atoms with Crippen molar-refractivity contribution in [1.82, 2.24) is 9.97 Å². The van der Waals surface area contributed by atoms with E-state index < -0.39 is 9.84 Å². The second-order valence-corrected chi connectivity index (χ2v) is 9.15. The number of piperidine rings is 1. The van der Waals surface area contributed by atoms with Gasteiger partial charge in [-0.05, 0) is 25.2 Å². The summed E-state index contributed by atoms with van der Waals surface area (Å²) in [7, 11) is -2.98. The molecule has 24 heavy (non-hydrogen) atoms. The zero-order valence-electron chi connectivity index (χ0n) is 14.1. The van der Waals surface area contributed by atoms with Crippen LogP contribution < -0.4 is 9.80 Å². The molecule has 0 radical (unpaired) electrons. The van der Waals surface area contributed by atoms with Crippen molar-refractivity contribution in [1.29, 1.82) is 0 Å². The van der Waals surface area contributed by atoms with E-state index in [0.29, 0.717) is 13.1 Å². The zero-order valence-corrected chi connectivity index (χ0v) is 15.0. The van der Waals surface area contributed by atoms with Crippen molar-refractivity contribution < 1.29 is 13.5 Å². The molecule has 2 atom stereocenters. The molecule has 3 rings (SSSR count). The molecular formula is C16H26N4O3S. The van der Waals surface area contributed by atoms with Crippen LogP contribution in [0.2, 0.25) is 0 Å². The van der Waals surface area contributed by atoms with Gasteiger partial charge in [-0.15, -0.1) is 0 Å². The molecule has 3 heterocycles. The molecule has 0 bridgehead atoms. The lowest BCUT2D eigenvalue weighted by atomic mass is 10.0. The van der Waals surface area contributed by atoms with Crippen LogP contribution in [0.25, 0.3) is 0 Å². The third-order valence-electron chi connectivity index (χ3n) is 4.84. The molecule has 1 N–H and O–H groups in total. The van der Waals surface area contributed by atoms with E-state index in [1.165, 1.54) is 6.33 Å². The molecule has 2 fully saturated rings. The van der Waals surface area contributed by atoms with Gasteiger partial charge in [-0.3, -0.25) is 0 Å². The summed E-state index contributed by atoms with van der Waals surface area (Å²) in [6.07, 6.45) is 4.72. The maximum Gasteiger partial charge on any atom is 0.152 e. The van der Waals surface area contributed by atoms with E-state index in [0.717, 1.165) is 37.4 Å². The summed E-state index contributed by atoms with van der Waals surface area (Å²) in [5, 5.41) is 9.61. The number of hydrogen-bond donors (Lipinski definition) is 1. The number of rotatable bonds is 3. The highest BCUT2D eigenvalue weighted by Gasteiger charge is 2.27. The van der Waals surface area contributed by atoms with Crippen molar-refractivity contribution in [2.75, 3.05) is 47.5 Å². The van der Waals surface area contributed by atoms with Crippen molar-refractivity contribution in [2.45, 2.75) is 32.2 Å². The Balaban J connectivity index is 1.82. The first-order valence-corrected chi connectivity index (χ1v) is 10.5. The Morgan fingerprint density at radius 1 is 1.25 bits per heavy atom. The highest BCUT2D eigenvalue weighted by atomic mass is 32.2. The Morgan fingerprint density at radius 2 is 2.04 bits per heavy atom. The van der Waals surface area contributed by atoms with Crippen molar-refractivity contribution in [2.24, 2.45) is 5.92 Å². The first kappa shape index (κ1) is 17.4. The minimum Gasteiger partial charge on any atom is -0.394 e. The molecule has 7 nitrogen and oxygen atoms in total. The fraction of sp³-hybridized carbons (Fsp3) is 0.750. The number of aliphatic hydroxyl groups excluding tert-OH is 1. The Morgan fingerprint density at radius 3 is 2.83 bits per heavy atom. The third-order valence-corrected chi connectivity index (χ3v) is 6.72. The lowest BCUT2D eigenvalue weighted by molar-refractivity contribution is 0.239. The molecule has 1 aromatic rings. The SMILES string of the molecule is CC1CN(c2cc(N3CCCCC3CO)ncn2)CCS(=O)(=O)C1. The van der Waals surface area contributed by atoms with Crippen molar-refractivity contribution >= 4 is 21.5 Å². The molecule has 0 aliphatic carbocycles. The standard InChI is InChI=1S/C16H26N4O3S/c1-13-9-19(6-7-24(22,23)11-13)15-8-16(18-12-17-15)20-5-3-2-4-14(20)10-21/h8,12-14,21H,2-7,9-11H2,1H3. The summed E-state index contributed by atoms with van der Waals surface area (Å²) >= 11 is 0. The second kappa shape index (κ2) is 7.23. The van der Waals surface area contributed by atoms with Crippen LogP contribution in [0, 0.1) is 5.92 Å². The zero-order chi connectivity index (χ0) is 17.2. The molecule has 0 aromatic carbocycles. The first-order valence-electron chi connectivity index (χ1n) is 8.63. The largest absolute Gasteiger partial charge is 0.394 e. The molecular weight excluding hydrogens is 328 g/mol.